The summed E-state index contributed by atoms with van der Waals surface area (Å²) in [5.41, 5.74) is 22.3. The maximum atomic E-state index is 4.93. The summed E-state index contributed by atoms with van der Waals surface area (Å²) in [7, 11) is 11.0. The van der Waals surface area contributed by atoms with Crippen molar-refractivity contribution in [3.8, 4) is 22.3 Å². The van der Waals surface area contributed by atoms with E-state index >= 15 is 0 Å². The summed E-state index contributed by atoms with van der Waals surface area (Å²) < 4.78 is 0. The number of benzene rings is 6. The van der Waals surface area contributed by atoms with Gasteiger partial charge in [-0.15, -0.1) is 69.1 Å². The fourth-order valence-electron chi connectivity index (χ4n) is 8.99. The van der Waals surface area contributed by atoms with Crippen molar-refractivity contribution in [2.45, 2.75) is 120 Å². The van der Waals surface area contributed by atoms with Crippen LogP contribution in [-0.4, -0.2) is 9.52 Å². The molecule has 0 unspecified atom stereocenters. The molecule has 0 aliphatic rings. The fourth-order valence-corrected chi connectivity index (χ4v) is 8.99. The minimum atomic E-state index is -0.826. The molecule has 0 fully saturated rings. The second kappa shape index (κ2) is 22.6. The van der Waals surface area contributed by atoms with Crippen LogP contribution in [0.15, 0.2) is 133 Å². The Morgan fingerprint density at radius 1 is 0.469 bits per heavy atom. The molecule has 0 aliphatic carbocycles. The zero-order chi connectivity index (χ0) is 46.9. The Kier molecular flexibility index (Phi) is 18.1. The van der Waals surface area contributed by atoms with Gasteiger partial charge in [-0.2, -0.15) is 12.1 Å². The van der Waals surface area contributed by atoms with Crippen molar-refractivity contribution in [1.29, 1.82) is 0 Å². The van der Waals surface area contributed by atoms with Gasteiger partial charge in [-0.05, 0) is 121 Å². The first-order valence-electron chi connectivity index (χ1n) is 22.5. The first-order chi connectivity index (χ1) is 30.3. The molecule has 4 heteroatoms. The van der Waals surface area contributed by atoms with Crippen LogP contribution < -0.4 is 0 Å². The topological polar surface area (TPSA) is 0 Å². The Morgan fingerprint density at radius 3 is 1.05 bits per heavy atom. The summed E-state index contributed by atoms with van der Waals surface area (Å²) in [4.78, 5) is 0. The molecular weight excluding hydrogens is 911 g/mol. The van der Waals surface area contributed by atoms with Gasteiger partial charge >= 0.3 is 37.9 Å². The second-order valence-corrected chi connectivity index (χ2v) is 24.4. The molecule has 0 aromatic heterocycles. The molecule has 8 aromatic carbocycles. The van der Waals surface area contributed by atoms with Crippen molar-refractivity contribution >= 4 is 48.1 Å². The quantitative estimate of drug-likeness (QED) is 0.115. The standard InChI is InChI=1S/2C29H31.C2H6Si.2ClH.Zr/c2*1-19-14-20(2)27(21(3)15-19)17-22-16-24-8-7-9-26(28(24)18-22)23-10-12-25(13-11-23)29(4,5)6;1-3-2;;;/h2*7-16,18H,17H2,1-6H3;1-2H3;2*1H;/q2*-1;;;;+4/p-2. The third-order valence-electron chi connectivity index (χ3n) is 12.2. The van der Waals surface area contributed by atoms with Crippen LogP contribution in [0.5, 0.6) is 0 Å². The Balaban J connectivity index is 0.000000215. The molecule has 0 nitrogen and oxygen atoms in total. The Bertz CT molecular complexity index is 2530. The van der Waals surface area contributed by atoms with Crippen molar-refractivity contribution in [1.82, 2.24) is 0 Å². The molecule has 330 valence electrons. The van der Waals surface area contributed by atoms with Gasteiger partial charge < -0.3 is 0 Å². The molecule has 0 aliphatic heterocycles. The monoisotopic (exact) mass is 976 g/mol. The summed E-state index contributed by atoms with van der Waals surface area (Å²) in [6.45, 7) is 31.2. The van der Waals surface area contributed by atoms with E-state index in [0.717, 1.165) is 22.4 Å². The SMILES string of the molecule is C[Si]C.Cc1cc(C)c(Cc2cc3c(-c4ccc(C(C)(C)C)cc4)cccc3[cH-]2)c(C)c1.Cc1cc(C)c(Cc2cc3c(-c4ccc(C(C)(C)C)cc4)cccc3[cH-]2)c(C)c1.[Cl][Zr+2][Cl]. The van der Waals surface area contributed by atoms with E-state index in [9.17, 15) is 0 Å². The average Bonchev–Trinajstić information content (AvgIpc) is 3.85. The second-order valence-electron chi connectivity index (χ2n) is 19.7. The number of fused-ring (bicyclic) bond motifs is 2. The number of hydrogen-bond acceptors (Lipinski definition) is 0. The molecule has 2 radical (unpaired) electrons. The molecule has 0 amide bonds. The summed E-state index contributed by atoms with van der Waals surface area (Å²) in [5, 5.41) is 5.38. The average molecular weight is 979 g/mol. The molecular formula is C60H68Cl2SiZr. The predicted octanol–water partition coefficient (Wildman–Crippen LogP) is 18.2. The molecule has 0 saturated carbocycles. The van der Waals surface area contributed by atoms with Gasteiger partial charge in [-0.1, -0.05) is 162 Å². The van der Waals surface area contributed by atoms with Crippen molar-refractivity contribution in [3.63, 3.8) is 0 Å². The van der Waals surface area contributed by atoms with Crippen LogP contribution in [0.25, 0.3) is 43.8 Å². The van der Waals surface area contributed by atoms with E-state index in [1.54, 1.807) is 0 Å². The molecule has 0 bridgehead atoms. The molecule has 0 atom stereocenters. The Morgan fingerprint density at radius 2 is 0.766 bits per heavy atom. The predicted molar refractivity (Wildman–Crippen MR) is 283 cm³/mol. The van der Waals surface area contributed by atoms with Crippen molar-refractivity contribution in [2.75, 3.05) is 0 Å². The van der Waals surface area contributed by atoms with Crippen LogP contribution >= 0.6 is 17.0 Å². The molecule has 0 spiro atoms. The fraction of sp³-hybridized carbons (Fsp3) is 0.300. The molecule has 0 saturated heterocycles. The van der Waals surface area contributed by atoms with Crippen LogP contribution in [0.1, 0.15) is 108 Å². The van der Waals surface area contributed by atoms with Crippen LogP contribution in [-0.2, 0) is 44.5 Å². The number of aryl methyl sites for hydroxylation is 6. The number of halogens is 2. The number of rotatable bonds is 6. The van der Waals surface area contributed by atoms with Gasteiger partial charge in [0.25, 0.3) is 0 Å². The van der Waals surface area contributed by atoms with E-state index in [1.165, 1.54) is 111 Å². The summed E-state index contributed by atoms with van der Waals surface area (Å²) in [5.74, 6) is 0. The van der Waals surface area contributed by atoms with Gasteiger partial charge in [0, 0.05) is 9.52 Å². The third kappa shape index (κ3) is 13.2. The first kappa shape index (κ1) is 51.2. The van der Waals surface area contributed by atoms with E-state index in [4.69, 9.17) is 17.0 Å². The van der Waals surface area contributed by atoms with E-state index in [0.29, 0.717) is 0 Å². The van der Waals surface area contributed by atoms with E-state index < -0.39 is 20.8 Å². The maximum absolute atomic E-state index is 4.93. The van der Waals surface area contributed by atoms with E-state index in [-0.39, 0.29) is 10.8 Å². The van der Waals surface area contributed by atoms with Crippen molar-refractivity contribution < 1.29 is 20.8 Å². The van der Waals surface area contributed by atoms with Gasteiger partial charge in [-0.3, -0.25) is 0 Å². The molecule has 8 rings (SSSR count). The zero-order valence-electron chi connectivity index (χ0n) is 40.9. The van der Waals surface area contributed by atoms with Gasteiger partial charge in [-0.25, -0.2) is 0 Å². The van der Waals surface area contributed by atoms with Crippen LogP contribution in [0.3, 0.4) is 0 Å². The third-order valence-corrected chi connectivity index (χ3v) is 12.2. The molecule has 8 aromatic rings. The minimum absolute atomic E-state index is 0.182. The normalized spacial score (nSPS) is 11.2. The van der Waals surface area contributed by atoms with Crippen molar-refractivity contribution in [2.24, 2.45) is 0 Å². The molecule has 0 heterocycles. The first-order valence-corrected chi connectivity index (χ1v) is 30.9. The van der Waals surface area contributed by atoms with Gasteiger partial charge in [0.1, 0.15) is 0 Å². The van der Waals surface area contributed by atoms with Gasteiger partial charge in [0.05, 0.1) is 0 Å². The summed E-state index contributed by atoms with van der Waals surface area (Å²) in [6.07, 6.45) is 1.99. The van der Waals surface area contributed by atoms with Crippen LogP contribution in [0.4, 0.5) is 0 Å². The number of hydrogen-bond donors (Lipinski definition) is 0. The molecule has 0 N–H and O–H groups in total. The summed E-state index contributed by atoms with van der Waals surface area (Å²) in [6, 6.07) is 50.2. The van der Waals surface area contributed by atoms with Crippen LogP contribution in [0.2, 0.25) is 13.1 Å². The van der Waals surface area contributed by atoms with Gasteiger partial charge in [0.15, 0.2) is 0 Å². The van der Waals surface area contributed by atoms with E-state index in [2.05, 4.69) is 230 Å². The van der Waals surface area contributed by atoms with Crippen molar-refractivity contribution in [3.05, 3.63) is 200 Å². The van der Waals surface area contributed by atoms with Crippen LogP contribution in [0, 0.1) is 41.5 Å². The zero-order valence-corrected chi connectivity index (χ0v) is 45.8. The van der Waals surface area contributed by atoms with E-state index in [1.807, 2.05) is 0 Å². The Hall–Kier alpha value is -3.78. The molecule has 64 heavy (non-hydrogen) atoms. The summed E-state index contributed by atoms with van der Waals surface area (Å²) >= 11 is -0.826. The Labute approximate surface area is 408 Å². The van der Waals surface area contributed by atoms with Gasteiger partial charge in [0.2, 0.25) is 0 Å².